The first-order valence-corrected chi connectivity index (χ1v) is 12.5. The van der Waals surface area contributed by atoms with Crippen molar-refractivity contribution in [3.05, 3.63) is 61.4 Å². The van der Waals surface area contributed by atoms with E-state index >= 15 is 0 Å². The number of amides is 2. The fourth-order valence-corrected chi connectivity index (χ4v) is 5.14. The predicted molar refractivity (Wildman–Crippen MR) is 141 cm³/mol. The van der Waals surface area contributed by atoms with Gasteiger partial charge in [0.25, 0.3) is 11.8 Å². The van der Waals surface area contributed by atoms with Gasteiger partial charge in [0.1, 0.15) is 10.1 Å². The number of benzene rings is 2. The van der Waals surface area contributed by atoms with Gasteiger partial charge in [0, 0.05) is 46.0 Å². The number of methoxy groups -OCH3 is 1. The normalized spacial score (nSPS) is 14.8. The van der Waals surface area contributed by atoms with Crippen LogP contribution in [0.5, 0.6) is 5.75 Å². The van der Waals surface area contributed by atoms with Gasteiger partial charge >= 0.3 is 0 Å². The molecule has 174 valence electrons. The third-order valence-electron chi connectivity index (χ3n) is 4.37. The Bertz CT molecular complexity index is 1090. The van der Waals surface area contributed by atoms with Crippen LogP contribution in [0.4, 0.5) is 5.69 Å². The van der Waals surface area contributed by atoms with Gasteiger partial charge in [-0.15, -0.1) is 0 Å². The molecule has 33 heavy (non-hydrogen) atoms. The molecule has 1 aliphatic rings. The van der Waals surface area contributed by atoms with Crippen LogP contribution in [-0.4, -0.2) is 47.9 Å². The lowest BCUT2D eigenvalue weighted by molar-refractivity contribution is -0.122. The Kier molecular flexibility index (Phi) is 9.60. The van der Waals surface area contributed by atoms with Crippen LogP contribution in [-0.2, 0) is 14.3 Å². The number of nitrogens with one attached hydrogen (secondary N) is 1. The molecule has 0 atom stereocenters. The first-order chi connectivity index (χ1) is 15.8. The Labute approximate surface area is 219 Å². The summed E-state index contributed by atoms with van der Waals surface area (Å²) < 4.78 is 12.1. The molecule has 2 aromatic rings. The van der Waals surface area contributed by atoms with Gasteiger partial charge in [0.15, 0.2) is 6.61 Å². The molecule has 0 unspecified atom stereocenters. The van der Waals surface area contributed by atoms with Crippen molar-refractivity contribution in [3.63, 3.8) is 0 Å². The van der Waals surface area contributed by atoms with Crippen molar-refractivity contribution >= 4 is 91.0 Å². The van der Waals surface area contributed by atoms with Crippen LogP contribution in [0, 0.1) is 0 Å². The average Bonchev–Trinajstić information content (AvgIpc) is 3.00. The number of rotatable bonds is 9. The Morgan fingerprint density at radius 3 is 2.67 bits per heavy atom. The molecule has 1 heterocycles. The third kappa shape index (κ3) is 7.43. The van der Waals surface area contributed by atoms with Crippen LogP contribution >= 0.6 is 63.1 Å². The first-order valence-electron chi connectivity index (χ1n) is 9.69. The van der Waals surface area contributed by atoms with E-state index in [2.05, 4.69) is 21.2 Å². The molecular formula is C22H19BrCl2N2O4S2. The van der Waals surface area contributed by atoms with E-state index in [0.717, 1.165) is 4.47 Å². The summed E-state index contributed by atoms with van der Waals surface area (Å²) >= 11 is 22.0. The van der Waals surface area contributed by atoms with Gasteiger partial charge in [-0.3, -0.25) is 14.5 Å². The Balaban J connectivity index is 1.71. The zero-order chi connectivity index (χ0) is 24.0. The molecule has 0 aliphatic carbocycles. The number of nitrogens with zero attached hydrogens (tertiary/aromatic N) is 1. The van der Waals surface area contributed by atoms with Crippen LogP contribution in [0.25, 0.3) is 6.08 Å². The van der Waals surface area contributed by atoms with Crippen molar-refractivity contribution in [3.8, 4) is 5.75 Å². The minimum atomic E-state index is -0.383. The number of thiocarbonyl (C=S) groups is 1. The largest absolute Gasteiger partial charge is 0.483 e. The fourth-order valence-electron chi connectivity index (χ4n) is 2.93. The maximum Gasteiger partial charge on any atom is 0.266 e. The number of halogens is 3. The van der Waals surface area contributed by atoms with Crippen molar-refractivity contribution < 1.29 is 19.1 Å². The van der Waals surface area contributed by atoms with Gasteiger partial charge in [-0.05, 0) is 48.9 Å². The Hall–Kier alpha value is -1.62. The second-order valence-electron chi connectivity index (χ2n) is 6.86. The number of thioether (sulfide) groups is 1. The van der Waals surface area contributed by atoms with Gasteiger partial charge in [-0.1, -0.05) is 63.1 Å². The quantitative estimate of drug-likeness (QED) is 0.219. The SMILES string of the molecule is COCCCN1C(=O)/C(=C/c2cc(Br)ccc2OCC(=O)Nc2cc(Cl)cc(Cl)c2)SC1=S. The highest BCUT2D eigenvalue weighted by atomic mass is 79.9. The van der Waals surface area contributed by atoms with Crippen LogP contribution in [0.15, 0.2) is 45.8 Å². The summed E-state index contributed by atoms with van der Waals surface area (Å²) in [7, 11) is 1.61. The number of carbonyl (C=O) groups excluding carboxylic acids is 2. The maximum absolute atomic E-state index is 12.8. The molecule has 2 aromatic carbocycles. The number of anilines is 1. The van der Waals surface area contributed by atoms with Crippen molar-refractivity contribution in [2.24, 2.45) is 0 Å². The highest BCUT2D eigenvalue weighted by Gasteiger charge is 2.31. The number of ether oxygens (including phenoxy) is 2. The lowest BCUT2D eigenvalue weighted by Crippen LogP contribution is -2.29. The van der Waals surface area contributed by atoms with Gasteiger partial charge in [0.2, 0.25) is 0 Å². The van der Waals surface area contributed by atoms with E-state index < -0.39 is 0 Å². The summed E-state index contributed by atoms with van der Waals surface area (Å²) in [6.45, 7) is 0.791. The monoisotopic (exact) mass is 588 g/mol. The summed E-state index contributed by atoms with van der Waals surface area (Å²) in [5.41, 5.74) is 1.11. The molecule has 1 fully saturated rings. The number of carbonyl (C=O) groups is 2. The minimum Gasteiger partial charge on any atom is -0.483 e. The zero-order valence-corrected chi connectivity index (χ0v) is 22.1. The highest BCUT2D eigenvalue weighted by molar-refractivity contribution is 9.10. The minimum absolute atomic E-state index is 0.164. The van der Waals surface area contributed by atoms with Crippen LogP contribution in [0.3, 0.4) is 0 Å². The van der Waals surface area contributed by atoms with Gasteiger partial charge in [0.05, 0.1) is 4.91 Å². The summed E-state index contributed by atoms with van der Waals surface area (Å²) in [5, 5.41) is 3.51. The zero-order valence-electron chi connectivity index (χ0n) is 17.4. The fraction of sp³-hybridized carbons (Fsp3) is 0.227. The molecule has 0 spiro atoms. The topological polar surface area (TPSA) is 67.9 Å². The molecule has 6 nitrogen and oxygen atoms in total. The molecule has 2 amide bonds. The van der Waals surface area contributed by atoms with Gasteiger partial charge in [-0.2, -0.15) is 0 Å². The van der Waals surface area contributed by atoms with Gasteiger partial charge in [-0.25, -0.2) is 0 Å². The summed E-state index contributed by atoms with van der Waals surface area (Å²) in [5.74, 6) is -0.101. The first kappa shape index (κ1) is 26.0. The Morgan fingerprint density at radius 2 is 1.97 bits per heavy atom. The highest BCUT2D eigenvalue weighted by Crippen LogP contribution is 2.35. The lowest BCUT2D eigenvalue weighted by Gasteiger charge is -2.13. The Morgan fingerprint density at radius 1 is 1.24 bits per heavy atom. The lowest BCUT2D eigenvalue weighted by atomic mass is 10.2. The van der Waals surface area contributed by atoms with Crippen LogP contribution in [0.2, 0.25) is 10.0 Å². The summed E-state index contributed by atoms with van der Waals surface area (Å²) in [4.78, 5) is 27.2. The van der Waals surface area contributed by atoms with Crippen LogP contribution < -0.4 is 10.1 Å². The second-order valence-corrected chi connectivity index (χ2v) is 10.3. The van der Waals surface area contributed by atoms with Gasteiger partial charge < -0.3 is 14.8 Å². The molecule has 0 aromatic heterocycles. The summed E-state index contributed by atoms with van der Waals surface area (Å²) in [6, 6.07) is 10.1. The molecule has 1 aliphatic heterocycles. The van der Waals surface area contributed by atoms with E-state index in [4.69, 9.17) is 44.9 Å². The van der Waals surface area contributed by atoms with Crippen LogP contribution in [0.1, 0.15) is 12.0 Å². The van der Waals surface area contributed by atoms with E-state index in [-0.39, 0.29) is 18.4 Å². The average molecular weight is 590 g/mol. The molecule has 0 radical (unpaired) electrons. The van der Waals surface area contributed by atoms with Crippen molar-refractivity contribution in [2.75, 3.05) is 32.2 Å². The molecule has 0 bridgehead atoms. The van der Waals surface area contributed by atoms with E-state index in [9.17, 15) is 9.59 Å². The molecule has 1 N–H and O–H groups in total. The molecule has 11 heteroatoms. The van der Waals surface area contributed by atoms with E-state index in [0.29, 0.717) is 55.8 Å². The maximum atomic E-state index is 12.8. The molecule has 1 saturated heterocycles. The molecule has 3 rings (SSSR count). The third-order valence-corrected chi connectivity index (χ3v) is 6.67. The van der Waals surface area contributed by atoms with Crippen molar-refractivity contribution in [1.82, 2.24) is 4.90 Å². The standard InChI is InChI=1S/C22H19BrCl2N2O4S2/c1-30-6-2-5-27-21(29)19(33-22(27)32)8-13-7-14(23)3-4-18(13)31-12-20(28)26-17-10-15(24)9-16(25)11-17/h3-4,7-11H,2,5-6,12H2,1H3,(H,26,28)/b19-8-. The summed E-state index contributed by atoms with van der Waals surface area (Å²) in [6.07, 6.45) is 2.40. The smallest absolute Gasteiger partial charge is 0.266 e. The number of hydrogen-bond acceptors (Lipinski definition) is 6. The van der Waals surface area contributed by atoms with E-state index in [1.807, 2.05) is 0 Å². The van der Waals surface area contributed by atoms with E-state index in [1.165, 1.54) is 11.8 Å². The predicted octanol–water partition coefficient (Wildman–Crippen LogP) is 6.01. The molecule has 0 saturated carbocycles. The number of hydrogen-bond donors (Lipinski definition) is 1. The van der Waals surface area contributed by atoms with Crippen molar-refractivity contribution in [1.29, 1.82) is 0 Å². The molecular weight excluding hydrogens is 571 g/mol. The van der Waals surface area contributed by atoms with E-state index in [1.54, 1.807) is 54.5 Å². The van der Waals surface area contributed by atoms with Crippen molar-refractivity contribution in [2.45, 2.75) is 6.42 Å². The second kappa shape index (κ2) is 12.2.